The van der Waals surface area contributed by atoms with Crippen LogP contribution in [-0.2, 0) is 6.42 Å². The number of halogens is 1. The highest BCUT2D eigenvalue weighted by Gasteiger charge is 2.27. The van der Waals surface area contributed by atoms with Crippen LogP contribution in [0.1, 0.15) is 40.3 Å². The molecule has 1 atom stereocenters. The van der Waals surface area contributed by atoms with Crippen LogP contribution in [0.15, 0.2) is 108 Å². The summed E-state index contributed by atoms with van der Waals surface area (Å²) in [5, 5.41) is 0.505. The summed E-state index contributed by atoms with van der Waals surface area (Å²) in [6.07, 6.45) is 0.611. The summed E-state index contributed by atoms with van der Waals surface area (Å²) in [6.45, 7) is 4.24. The zero-order valence-electron chi connectivity index (χ0n) is 21.3. The molecule has 1 unspecified atom stereocenters. The summed E-state index contributed by atoms with van der Waals surface area (Å²) >= 11 is 0. The molecule has 0 spiro atoms. The van der Waals surface area contributed by atoms with Crippen molar-refractivity contribution in [1.29, 1.82) is 0 Å². The van der Waals surface area contributed by atoms with E-state index in [1.807, 2.05) is 86.6 Å². The maximum atomic E-state index is 13.8. The van der Waals surface area contributed by atoms with Crippen LogP contribution in [-0.4, -0.2) is 26.9 Å². The molecule has 4 aromatic carbocycles. The fourth-order valence-electron chi connectivity index (χ4n) is 4.71. The molecule has 5 rings (SSSR count). The Balaban J connectivity index is 1.65. The van der Waals surface area contributed by atoms with Gasteiger partial charge in [0.2, 0.25) is 0 Å². The van der Waals surface area contributed by atoms with Crippen molar-refractivity contribution in [3.8, 4) is 5.69 Å². The molecule has 190 valence electrons. The summed E-state index contributed by atoms with van der Waals surface area (Å²) in [5.41, 5.74) is 3.52. The van der Waals surface area contributed by atoms with Crippen molar-refractivity contribution >= 4 is 16.8 Å². The molecule has 0 fully saturated rings. The zero-order chi connectivity index (χ0) is 26.6. The smallest absolute Gasteiger partial charge is 0.266 e. The second kappa shape index (κ2) is 10.8. The van der Waals surface area contributed by atoms with Crippen LogP contribution in [0.25, 0.3) is 16.6 Å². The minimum Gasteiger partial charge on any atom is -0.328 e. The lowest BCUT2D eigenvalue weighted by molar-refractivity contribution is 0.0683. The zero-order valence-corrected chi connectivity index (χ0v) is 21.3. The maximum absolute atomic E-state index is 13.8. The predicted octanol–water partition coefficient (Wildman–Crippen LogP) is 6.28. The first kappa shape index (κ1) is 25.1. The number of benzene rings is 4. The number of aryl methyl sites for hydroxylation is 1. The van der Waals surface area contributed by atoms with Crippen molar-refractivity contribution < 1.29 is 9.18 Å². The minimum absolute atomic E-state index is 0.194. The monoisotopic (exact) mass is 505 g/mol. The van der Waals surface area contributed by atoms with Crippen molar-refractivity contribution in [2.45, 2.75) is 26.3 Å². The highest BCUT2D eigenvalue weighted by molar-refractivity contribution is 5.94. The Morgan fingerprint density at radius 3 is 2.37 bits per heavy atom. The Hall–Kier alpha value is -4.58. The van der Waals surface area contributed by atoms with Crippen molar-refractivity contribution in [2.24, 2.45) is 0 Å². The Morgan fingerprint density at radius 1 is 0.921 bits per heavy atom. The SMILES string of the molecule is Cc1cccc(-n2c(C(C)N(CCc3ccccc3)C(=O)c3ccc(F)cc3)nc3ccccc3c2=O)c1. The highest BCUT2D eigenvalue weighted by Crippen LogP contribution is 2.25. The Labute approximate surface area is 220 Å². The number of hydrogen-bond donors (Lipinski definition) is 0. The van der Waals surface area contributed by atoms with Crippen molar-refractivity contribution in [3.05, 3.63) is 142 Å². The quantitative estimate of drug-likeness (QED) is 0.262. The van der Waals surface area contributed by atoms with Gasteiger partial charge in [-0.25, -0.2) is 9.37 Å². The van der Waals surface area contributed by atoms with Gasteiger partial charge in [0, 0.05) is 12.1 Å². The standard InChI is InChI=1S/C32H28FN3O2/c1-22-9-8-12-27(21-22)36-30(34-29-14-7-6-13-28(29)32(36)38)23(2)35(20-19-24-10-4-3-5-11-24)31(37)25-15-17-26(33)18-16-25/h3-18,21,23H,19-20H2,1-2H3. The summed E-state index contributed by atoms with van der Waals surface area (Å²) in [5.74, 6) is -0.204. The third kappa shape index (κ3) is 5.11. The lowest BCUT2D eigenvalue weighted by atomic mass is 10.1. The van der Waals surface area contributed by atoms with Gasteiger partial charge in [0.25, 0.3) is 11.5 Å². The minimum atomic E-state index is -0.561. The normalized spacial score (nSPS) is 11.9. The third-order valence-corrected chi connectivity index (χ3v) is 6.74. The first-order chi connectivity index (χ1) is 18.4. The topological polar surface area (TPSA) is 55.2 Å². The van der Waals surface area contributed by atoms with E-state index in [1.54, 1.807) is 15.5 Å². The number of carbonyl (C=O) groups excluding carboxylic acids is 1. The van der Waals surface area contributed by atoms with Crippen LogP contribution < -0.4 is 5.56 Å². The van der Waals surface area contributed by atoms with Crippen LogP contribution in [0.4, 0.5) is 4.39 Å². The van der Waals surface area contributed by atoms with Crippen LogP contribution in [0, 0.1) is 12.7 Å². The van der Waals surface area contributed by atoms with Gasteiger partial charge in [-0.2, -0.15) is 0 Å². The fourth-order valence-corrected chi connectivity index (χ4v) is 4.71. The van der Waals surface area contributed by atoms with Gasteiger partial charge in [-0.3, -0.25) is 14.2 Å². The van der Waals surface area contributed by atoms with Gasteiger partial charge >= 0.3 is 0 Å². The molecule has 38 heavy (non-hydrogen) atoms. The van der Waals surface area contributed by atoms with Gasteiger partial charge in [0.15, 0.2) is 0 Å². The molecule has 0 aliphatic rings. The number of aromatic nitrogens is 2. The van der Waals surface area contributed by atoms with Gasteiger partial charge < -0.3 is 4.90 Å². The van der Waals surface area contributed by atoms with E-state index in [2.05, 4.69) is 0 Å². The molecule has 0 N–H and O–H groups in total. The van der Waals surface area contributed by atoms with Crippen LogP contribution >= 0.6 is 0 Å². The molecule has 1 heterocycles. The van der Waals surface area contributed by atoms with E-state index in [1.165, 1.54) is 24.3 Å². The van der Waals surface area contributed by atoms with Crippen LogP contribution in [0.2, 0.25) is 0 Å². The molecule has 5 nitrogen and oxygen atoms in total. The summed E-state index contributed by atoms with van der Waals surface area (Å²) in [6, 6.07) is 29.8. The van der Waals surface area contributed by atoms with E-state index in [9.17, 15) is 14.0 Å². The summed E-state index contributed by atoms with van der Waals surface area (Å²) in [4.78, 5) is 34.3. The van der Waals surface area contributed by atoms with Gasteiger partial charge in [0.1, 0.15) is 11.6 Å². The molecule has 1 amide bonds. The predicted molar refractivity (Wildman–Crippen MR) is 148 cm³/mol. The number of para-hydroxylation sites is 1. The molecule has 0 bridgehead atoms. The molecular weight excluding hydrogens is 477 g/mol. The van der Waals surface area contributed by atoms with Crippen molar-refractivity contribution in [2.75, 3.05) is 6.54 Å². The lowest BCUT2D eigenvalue weighted by Crippen LogP contribution is -2.38. The van der Waals surface area contributed by atoms with Gasteiger partial charge in [-0.05, 0) is 79.9 Å². The first-order valence-corrected chi connectivity index (χ1v) is 12.6. The molecule has 1 aromatic heterocycles. The average Bonchev–Trinajstić information content (AvgIpc) is 2.94. The molecule has 6 heteroatoms. The second-order valence-electron chi connectivity index (χ2n) is 9.38. The number of rotatable bonds is 7. The lowest BCUT2D eigenvalue weighted by Gasteiger charge is -2.31. The Kier molecular flexibility index (Phi) is 7.13. The maximum Gasteiger partial charge on any atom is 0.266 e. The fraction of sp³-hybridized carbons (Fsp3) is 0.156. The third-order valence-electron chi connectivity index (χ3n) is 6.74. The van der Waals surface area contributed by atoms with E-state index < -0.39 is 11.9 Å². The molecule has 5 aromatic rings. The van der Waals surface area contributed by atoms with Gasteiger partial charge in [0.05, 0.1) is 22.6 Å². The molecular formula is C32H28FN3O2. The van der Waals surface area contributed by atoms with E-state index in [0.29, 0.717) is 40.9 Å². The number of nitrogens with zero attached hydrogens (tertiary/aromatic N) is 3. The Morgan fingerprint density at radius 2 is 1.63 bits per heavy atom. The number of amides is 1. The van der Waals surface area contributed by atoms with Gasteiger partial charge in [-0.1, -0.05) is 54.6 Å². The van der Waals surface area contributed by atoms with Crippen LogP contribution in [0.3, 0.4) is 0 Å². The molecule has 0 saturated carbocycles. The van der Waals surface area contributed by atoms with Crippen molar-refractivity contribution in [1.82, 2.24) is 14.5 Å². The van der Waals surface area contributed by atoms with E-state index >= 15 is 0 Å². The number of hydrogen-bond acceptors (Lipinski definition) is 3. The highest BCUT2D eigenvalue weighted by atomic mass is 19.1. The second-order valence-corrected chi connectivity index (χ2v) is 9.38. The average molecular weight is 506 g/mol. The summed E-state index contributed by atoms with van der Waals surface area (Å²) in [7, 11) is 0. The number of fused-ring (bicyclic) bond motifs is 1. The Bertz CT molecular complexity index is 1650. The largest absolute Gasteiger partial charge is 0.328 e. The molecule has 0 aliphatic carbocycles. The van der Waals surface area contributed by atoms with E-state index in [0.717, 1.165) is 11.1 Å². The van der Waals surface area contributed by atoms with Gasteiger partial charge in [-0.15, -0.1) is 0 Å². The molecule has 0 saturated heterocycles. The van der Waals surface area contributed by atoms with E-state index in [-0.39, 0.29) is 11.5 Å². The van der Waals surface area contributed by atoms with Crippen molar-refractivity contribution in [3.63, 3.8) is 0 Å². The first-order valence-electron chi connectivity index (χ1n) is 12.6. The van der Waals surface area contributed by atoms with E-state index in [4.69, 9.17) is 4.98 Å². The molecule has 0 radical (unpaired) electrons. The summed E-state index contributed by atoms with van der Waals surface area (Å²) < 4.78 is 15.2. The number of carbonyl (C=O) groups is 1. The molecule has 0 aliphatic heterocycles. The van der Waals surface area contributed by atoms with Crippen LogP contribution in [0.5, 0.6) is 0 Å².